The number of rotatable bonds is 0. The standard InChI is InChI=1S/C16H18N.HI/c1-11-16(2,3)15-13-8-6-5-7-12(13)9-10-14(15)17(11)4;/h5-10H,1-4H3;1H/q+1;/p-1. The summed E-state index contributed by atoms with van der Waals surface area (Å²) in [6, 6.07) is 13.1. The minimum absolute atomic E-state index is 0. The third kappa shape index (κ3) is 1.62. The van der Waals surface area contributed by atoms with Crippen molar-refractivity contribution in [2.75, 3.05) is 7.05 Å². The van der Waals surface area contributed by atoms with E-state index in [9.17, 15) is 0 Å². The number of hydrogen-bond acceptors (Lipinski definition) is 0. The fourth-order valence-corrected chi connectivity index (χ4v) is 2.98. The molecule has 1 heterocycles. The van der Waals surface area contributed by atoms with Crippen molar-refractivity contribution < 1.29 is 28.6 Å². The number of halogens is 1. The predicted molar refractivity (Wildman–Crippen MR) is 73.5 cm³/mol. The Bertz CT molecular complexity index is 653. The van der Waals surface area contributed by atoms with Crippen molar-refractivity contribution in [1.29, 1.82) is 0 Å². The predicted octanol–water partition coefficient (Wildman–Crippen LogP) is 0.870. The van der Waals surface area contributed by atoms with Crippen molar-refractivity contribution in [1.82, 2.24) is 0 Å². The van der Waals surface area contributed by atoms with Crippen molar-refractivity contribution >= 4 is 22.2 Å². The summed E-state index contributed by atoms with van der Waals surface area (Å²) in [4.78, 5) is 0. The van der Waals surface area contributed by atoms with Crippen LogP contribution in [-0.2, 0) is 5.41 Å². The van der Waals surface area contributed by atoms with Gasteiger partial charge in [-0.05, 0) is 30.7 Å². The third-order valence-electron chi connectivity index (χ3n) is 4.30. The molecule has 0 N–H and O–H groups in total. The zero-order valence-electron chi connectivity index (χ0n) is 11.3. The number of benzene rings is 2. The summed E-state index contributed by atoms with van der Waals surface area (Å²) in [6.07, 6.45) is 0. The van der Waals surface area contributed by atoms with E-state index in [0.717, 1.165) is 0 Å². The summed E-state index contributed by atoms with van der Waals surface area (Å²) in [5.41, 5.74) is 4.37. The molecule has 2 aromatic carbocycles. The second kappa shape index (κ2) is 4.34. The largest absolute Gasteiger partial charge is 1.00 e. The molecule has 1 aliphatic heterocycles. The maximum Gasteiger partial charge on any atom is 0.209 e. The molecular weight excluding hydrogens is 333 g/mol. The molecule has 0 aliphatic carbocycles. The van der Waals surface area contributed by atoms with Crippen molar-refractivity contribution in [3.05, 3.63) is 42.0 Å². The highest BCUT2D eigenvalue weighted by molar-refractivity contribution is 6.01. The summed E-state index contributed by atoms with van der Waals surface area (Å²) in [6.45, 7) is 6.86. The number of fused-ring (bicyclic) bond motifs is 3. The molecule has 0 atom stereocenters. The van der Waals surface area contributed by atoms with Crippen LogP contribution >= 0.6 is 0 Å². The molecule has 0 fully saturated rings. The first-order valence-electron chi connectivity index (χ1n) is 6.13. The molecule has 0 amide bonds. The van der Waals surface area contributed by atoms with Gasteiger partial charge in [-0.2, -0.15) is 0 Å². The second-order valence-electron chi connectivity index (χ2n) is 5.45. The highest BCUT2D eigenvalue weighted by Gasteiger charge is 2.42. The van der Waals surface area contributed by atoms with Gasteiger partial charge in [0.25, 0.3) is 0 Å². The van der Waals surface area contributed by atoms with Gasteiger partial charge in [0.1, 0.15) is 7.05 Å². The molecule has 0 unspecified atom stereocenters. The normalized spacial score (nSPS) is 16.7. The monoisotopic (exact) mass is 351 g/mol. The molecular formula is C16H18IN. The first-order valence-corrected chi connectivity index (χ1v) is 6.13. The summed E-state index contributed by atoms with van der Waals surface area (Å²) >= 11 is 0. The van der Waals surface area contributed by atoms with Crippen LogP contribution in [0.4, 0.5) is 5.69 Å². The SMILES string of the molecule is CC1=[N+](C)c2ccc3ccccc3c2C1(C)C.[I-]. The Balaban J connectivity index is 0.00000120. The van der Waals surface area contributed by atoms with E-state index in [1.54, 1.807) is 0 Å². The molecule has 2 heteroatoms. The van der Waals surface area contributed by atoms with E-state index in [1.165, 1.54) is 27.7 Å². The Kier molecular flexibility index (Phi) is 3.26. The number of hydrogen-bond donors (Lipinski definition) is 0. The highest BCUT2D eigenvalue weighted by atomic mass is 127. The van der Waals surface area contributed by atoms with Gasteiger partial charge in [0.05, 0.1) is 5.41 Å². The summed E-state index contributed by atoms with van der Waals surface area (Å²) in [5.74, 6) is 0. The molecule has 1 aliphatic rings. The van der Waals surface area contributed by atoms with Gasteiger partial charge in [0.15, 0.2) is 5.71 Å². The molecule has 3 rings (SSSR count). The summed E-state index contributed by atoms with van der Waals surface area (Å²) in [5, 5.41) is 2.72. The van der Waals surface area contributed by atoms with Crippen LogP contribution in [0.15, 0.2) is 36.4 Å². The van der Waals surface area contributed by atoms with Crippen molar-refractivity contribution in [3.8, 4) is 0 Å². The Morgan fingerprint density at radius 1 is 1.00 bits per heavy atom. The molecule has 0 saturated heterocycles. The highest BCUT2D eigenvalue weighted by Crippen LogP contribution is 2.42. The van der Waals surface area contributed by atoms with E-state index in [0.29, 0.717) is 0 Å². The van der Waals surface area contributed by atoms with Gasteiger partial charge >= 0.3 is 0 Å². The average Bonchev–Trinajstić information content (AvgIpc) is 2.51. The Morgan fingerprint density at radius 3 is 2.39 bits per heavy atom. The van der Waals surface area contributed by atoms with Crippen LogP contribution in [0.1, 0.15) is 26.3 Å². The Labute approximate surface area is 126 Å². The van der Waals surface area contributed by atoms with Crippen LogP contribution in [0.2, 0.25) is 0 Å². The second-order valence-corrected chi connectivity index (χ2v) is 5.45. The molecule has 1 nitrogen and oxygen atoms in total. The fraction of sp³-hybridized carbons (Fsp3) is 0.312. The van der Waals surface area contributed by atoms with E-state index >= 15 is 0 Å². The van der Waals surface area contributed by atoms with Gasteiger partial charge in [-0.15, -0.1) is 0 Å². The van der Waals surface area contributed by atoms with Crippen molar-refractivity contribution in [2.24, 2.45) is 0 Å². The van der Waals surface area contributed by atoms with Gasteiger partial charge in [0.2, 0.25) is 5.69 Å². The first-order chi connectivity index (χ1) is 8.03. The molecule has 94 valence electrons. The van der Waals surface area contributed by atoms with Crippen LogP contribution in [0.5, 0.6) is 0 Å². The van der Waals surface area contributed by atoms with Crippen molar-refractivity contribution in [3.63, 3.8) is 0 Å². The van der Waals surface area contributed by atoms with Gasteiger partial charge in [-0.25, -0.2) is 4.58 Å². The molecule has 0 aromatic heterocycles. The lowest BCUT2D eigenvalue weighted by molar-refractivity contribution is -0.402. The third-order valence-corrected chi connectivity index (χ3v) is 4.30. The lowest BCUT2D eigenvalue weighted by Gasteiger charge is -2.17. The van der Waals surface area contributed by atoms with E-state index in [1.807, 2.05) is 0 Å². The molecule has 0 bridgehead atoms. The summed E-state index contributed by atoms with van der Waals surface area (Å²) < 4.78 is 2.32. The minimum atomic E-state index is 0. The van der Waals surface area contributed by atoms with E-state index in [-0.39, 0.29) is 29.4 Å². The van der Waals surface area contributed by atoms with Crippen LogP contribution in [0.3, 0.4) is 0 Å². The molecule has 2 aromatic rings. The van der Waals surface area contributed by atoms with E-state index < -0.39 is 0 Å². The van der Waals surface area contributed by atoms with Gasteiger partial charge < -0.3 is 24.0 Å². The zero-order valence-corrected chi connectivity index (χ0v) is 13.4. The lowest BCUT2D eigenvalue weighted by Crippen LogP contribution is -3.00. The van der Waals surface area contributed by atoms with Crippen LogP contribution in [0, 0.1) is 0 Å². The molecule has 18 heavy (non-hydrogen) atoms. The lowest BCUT2D eigenvalue weighted by atomic mass is 9.80. The van der Waals surface area contributed by atoms with Gasteiger partial charge in [-0.3, -0.25) is 0 Å². The Morgan fingerprint density at radius 2 is 1.67 bits per heavy atom. The summed E-state index contributed by atoms with van der Waals surface area (Å²) in [7, 11) is 2.16. The average molecular weight is 351 g/mol. The fourth-order valence-electron chi connectivity index (χ4n) is 2.98. The smallest absolute Gasteiger partial charge is 0.209 e. The topological polar surface area (TPSA) is 3.01 Å². The first kappa shape index (κ1) is 13.5. The molecule has 0 saturated carbocycles. The zero-order chi connectivity index (χ0) is 12.2. The maximum absolute atomic E-state index is 2.32. The molecule has 0 radical (unpaired) electrons. The molecule has 0 spiro atoms. The van der Waals surface area contributed by atoms with Crippen molar-refractivity contribution in [2.45, 2.75) is 26.2 Å². The minimum Gasteiger partial charge on any atom is -1.00 e. The van der Waals surface area contributed by atoms with Crippen LogP contribution in [0.25, 0.3) is 10.8 Å². The maximum atomic E-state index is 2.32. The van der Waals surface area contributed by atoms with Gasteiger partial charge in [0, 0.05) is 18.6 Å². The Hall–Kier alpha value is -0.900. The van der Waals surface area contributed by atoms with Crippen LogP contribution in [-0.4, -0.2) is 17.3 Å². The van der Waals surface area contributed by atoms with E-state index in [2.05, 4.69) is 68.8 Å². The quantitative estimate of drug-likeness (QED) is 0.490. The number of nitrogens with zero attached hydrogens (tertiary/aromatic N) is 1. The van der Waals surface area contributed by atoms with E-state index in [4.69, 9.17) is 0 Å². The van der Waals surface area contributed by atoms with Crippen LogP contribution < -0.4 is 24.0 Å². The van der Waals surface area contributed by atoms with Gasteiger partial charge in [-0.1, -0.05) is 24.3 Å².